The Kier molecular flexibility index (Phi) is 6.26. The number of amides is 2. The number of benzene rings is 2. The first-order valence-corrected chi connectivity index (χ1v) is 10.9. The van der Waals surface area contributed by atoms with E-state index in [4.69, 9.17) is 21.1 Å². The Morgan fingerprint density at radius 2 is 2.03 bits per heavy atom. The maximum atomic E-state index is 12.1. The highest BCUT2D eigenvalue weighted by atomic mass is 16.2. The molecule has 2 aromatic rings. The van der Waals surface area contributed by atoms with E-state index >= 15 is 0 Å². The van der Waals surface area contributed by atoms with Crippen molar-refractivity contribution < 1.29 is 4.79 Å². The van der Waals surface area contributed by atoms with E-state index < -0.39 is 0 Å². The third kappa shape index (κ3) is 4.79. The van der Waals surface area contributed by atoms with Gasteiger partial charge in [0.2, 0.25) is 0 Å². The first kappa shape index (κ1) is 22.3. The van der Waals surface area contributed by atoms with Crippen LogP contribution in [0.2, 0.25) is 0 Å². The van der Waals surface area contributed by atoms with Crippen LogP contribution in [0.4, 0.5) is 21.9 Å². The van der Waals surface area contributed by atoms with Gasteiger partial charge in [0.05, 0.1) is 6.04 Å². The summed E-state index contributed by atoms with van der Waals surface area (Å²) in [6.45, 7) is 2.18. The molecule has 2 aromatic carbocycles. The fourth-order valence-corrected chi connectivity index (χ4v) is 4.14. The minimum Gasteiger partial charge on any atom is -0.398 e. The van der Waals surface area contributed by atoms with E-state index in [9.17, 15) is 4.79 Å². The van der Waals surface area contributed by atoms with E-state index in [1.807, 2.05) is 36.4 Å². The number of nitrogens with zero attached hydrogens (tertiary/aromatic N) is 3. The predicted molar refractivity (Wildman–Crippen MR) is 136 cm³/mol. The van der Waals surface area contributed by atoms with Crippen LogP contribution < -0.4 is 16.4 Å². The van der Waals surface area contributed by atoms with Gasteiger partial charge >= 0.3 is 6.03 Å². The highest BCUT2D eigenvalue weighted by molar-refractivity contribution is 6.13. The second-order valence-electron chi connectivity index (χ2n) is 8.58. The number of nitrogens with one attached hydrogen (secondary N) is 3. The minimum atomic E-state index is -0.194. The average molecular weight is 444 g/mol. The van der Waals surface area contributed by atoms with Crippen molar-refractivity contribution >= 4 is 41.0 Å². The van der Waals surface area contributed by atoms with E-state index in [0.29, 0.717) is 22.8 Å². The van der Waals surface area contributed by atoms with Crippen LogP contribution in [0.15, 0.2) is 64.6 Å². The summed E-state index contributed by atoms with van der Waals surface area (Å²) in [6.07, 6.45) is 6.48. The number of amidine groups is 2. The normalized spacial score (nSPS) is 21.4. The molecule has 4 rings (SSSR count). The zero-order valence-electron chi connectivity index (χ0n) is 19.0. The van der Waals surface area contributed by atoms with Crippen molar-refractivity contribution in [1.29, 1.82) is 5.41 Å². The van der Waals surface area contributed by atoms with Gasteiger partial charge in [-0.1, -0.05) is 31.2 Å². The molecule has 0 spiro atoms. The van der Waals surface area contributed by atoms with Gasteiger partial charge in [-0.25, -0.2) is 9.79 Å². The molecule has 33 heavy (non-hydrogen) atoms. The molecule has 0 saturated carbocycles. The van der Waals surface area contributed by atoms with E-state index in [-0.39, 0.29) is 23.9 Å². The highest BCUT2D eigenvalue weighted by Gasteiger charge is 2.35. The fourth-order valence-electron chi connectivity index (χ4n) is 4.14. The molecule has 0 bridgehead atoms. The van der Waals surface area contributed by atoms with Crippen molar-refractivity contribution in [3.8, 4) is 0 Å². The molecule has 0 saturated heterocycles. The summed E-state index contributed by atoms with van der Waals surface area (Å²) in [5.41, 5.74) is 9.53. The smallest absolute Gasteiger partial charge is 0.321 e. The first-order chi connectivity index (χ1) is 15.9. The molecule has 2 amide bonds. The Morgan fingerprint density at radius 3 is 2.79 bits per heavy atom. The van der Waals surface area contributed by atoms with Crippen LogP contribution in [-0.4, -0.2) is 49.0 Å². The third-order valence-corrected chi connectivity index (χ3v) is 5.92. The minimum absolute atomic E-state index is 0.0658. The van der Waals surface area contributed by atoms with Gasteiger partial charge in [0, 0.05) is 54.4 Å². The van der Waals surface area contributed by atoms with Crippen LogP contribution in [0, 0.1) is 17.2 Å². The lowest BCUT2D eigenvalue weighted by Gasteiger charge is -2.35. The summed E-state index contributed by atoms with van der Waals surface area (Å²) in [7, 11) is 3.40. The summed E-state index contributed by atoms with van der Waals surface area (Å²) in [5, 5.41) is 13.9. The molecule has 0 radical (unpaired) electrons. The summed E-state index contributed by atoms with van der Waals surface area (Å²) in [5.74, 6) is 1.87. The molecule has 0 aromatic heterocycles. The number of hydrogen-bond acceptors (Lipinski definition) is 6. The zero-order chi connectivity index (χ0) is 23.5. The van der Waals surface area contributed by atoms with Crippen molar-refractivity contribution in [2.75, 3.05) is 30.5 Å². The van der Waals surface area contributed by atoms with Crippen LogP contribution in [0.25, 0.3) is 0 Å². The number of allylic oxidation sites excluding steroid dienone is 1. The van der Waals surface area contributed by atoms with Gasteiger partial charge in [0.25, 0.3) is 0 Å². The predicted octanol–water partition coefficient (Wildman–Crippen LogP) is 4.21. The van der Waals surface area contributed by atoms with E-state index in [2.05, 4.69) is 29.7 Å². The standard InChI is InChI=1S/C25H29N7O/c1-15-6-4-9-21-22(15)24(28-19-10-11-20(27)17(13-19)14-26)31-23(30-21)16-7-5-8-18(12-16)29-25(33)32(2)3/h4-8,10-15,21-22,26H,9,27H2,1-3H3,(H,29,33)(H,28,30,31)/t15?,21-,22?/m0/s1. The van der Waals surface area contributed by atoms with Gasteiger partial charge in [-0.05, 0) is 42.7 Å². The molecule has 170 valence electrons. The lowest BCUT2D eigenvalue weighted by molar-refractivity contribution is 0.230. The van der Waals surface area contributed by atoms with E-state index in [1.165, 1.54) is 11.1 Å². The number of urea groups is 1. The molecular formula is C25H29N7O. The largest absolute Gasteiger partial charge is 0.398 e. The number of nitrogen functional groups attached to an aromatic ring is 1. The number of aliphatic imine (C=N–C) groups is 2. The van der Waals surface area contributed by atoms with Gasteiger partial charge in [-0.15, -0.1) is 0 Å². The number of nitrogens with two attached hydrogens (primary N) is 1. The van der Waals surface area contributed by atoms with E-state index in [1.54, 1.807) is 20.2 Å². The molecule has 2 unspecified atom stereocenters. The van der Waals surface area contributed by atoms with E-state index in [0.717, 1.165) is 23.5 Å². The lowest BCUT2D eigenvalue weighted by Crippen LogP contribution is -2.41. The lowest BCUT2D eigenvalue weighted by atomic mass is 9.79. The first-order valence-electron chi connectivity index (χ1n) is 10.9. The van der Waals surface area contributed by atoms with Crippen LogP contribution >= 0.6 is 0 Å². The molecule has 0 fully saturated rings. The number of hydrogen-bond donors (Lipinski definition) is 4. The summed E-state index contributed by atoms with van der Waals surface area (Å²) >= 11 is 0. The maximum absolute atomic E-state index is 12.1. The SMILES string of the molecule is CC1C=CC[C@@H]2N=C(c3cccc(NC(=O)N(C)C)c3)N=C(Nc3ccc(N)c(C=N)c3)C12. The van der Waals surface area contributed by atoms with Crippen LogP contribution in [0.5, 0.6) is 0 Å². The Labute approximate surface area is 193 Å². The fraction of sp³-hybridized carbons (Fsp3) is 0.280. The molecular weight excluding hydrogens is 414 g/mol. The Balaban J connectivity index is 1.69. The second kappa shape index (κ2) is 9.28. The van der Waals surface area contributed by atoms with Gasteiger partial charge < -0.3 is 26.7 Å². The molecule has 8 nitrogen and oxygen atoms in total. The Morgan fingerprint density at radius 1 is 1.21 bits per heavy atom. The molecule has 1 heterocycles. The Bertz CT molecular complexity index is 1170. The quantitative estimate of drug-likeness (QED) is 0.322. The maximum Gasteiger partial charge on any atom is 0.321 e. The molecule has 2 aliphatic rings. The molecule has 3 atom stereocenters. The number of rotatable bonds is 4. The van der Waals surface area contributed by atoms with Crippen LogP contribution in [-0.2, 0) is 0 Å². The van der Waals surface area contributed by atoms with Gasteiger partial charge in [0.15, 0.2) is 5.84 Å². The van der Waals surface area contributed by atoms with Gasteiger partial charge in [-0.2, -0.15) is 0 Å². The number of carbonyl (C=O) groups is 1. The second-order valence-corrected chi connectivity index (χ2v) is 8.58. The van der Waals surface area contributed by atoms with Gasteiger partial charge in [-0.3, -0.25) is 4.99 Å². The summed E-state index contributed by atoms with van der Waals surface area (Å²) in [6, 6.07) is 13.0. The van der Waals surface area contributed by atoms with Crippen molar-refractivity contribution in [3.63, 3.8) is 0 Å². The van der Waals surface area contributed by atoms with Crippen LogP contribution in [0.3, 0.4) is 0 Å². The summed E-state index contributed by atoms with van der Waals surface area (Å²) < 4.78 is 0. The molecule has 8 heteroatoms. The highest BCUT2D eigenvalue weighted by Crippen LogP contribution is 2.33. The van der Waals surface area contributed by atoms with Crippen molar-refractivity contribution in [1.82, 2.24) is 4.90 Å². The number of fused-ring (bicyclic) bond motifs is 1. The summed E-state index contributed by atoms with van der Waals surface area (Å²) in [4.78, 5) is 23.5. The van der Waals surface area contributed by atoms with Crippen molar-refractivity contribution in [2.24, 2.45) is 21.8 Å². The Hall–Kier alpha value is -3.94. The van der Waals surface area contributed by atoms with Crippen LogP contribution in [0.1, 0.15) is 24.5 Å². The monoisotopic (exact) mass is 443 g/mol. The zero-order valence-corrected chi connectivity index (χ0v) is 19.0. The molecule has 1 aliphatic carbocycles. The number of carbonyl (C=O) groups excluding carboxylic acids is 1. The van der Waals surface area contributed by atoms with Gasteiger partial charge in [0.1, 0.15) is 5.84 Å². The molecule has 5 N–H and O–H groups in total. The van der Waals surface area contributed by atoms with Crippen molar-refractivity contribution in [2.45, 2.75) is 19.4 Å². The third-order valence-electron chi connectivity index (χ3n) is 5.92. The average Bonchev–Trinajstić information content (AvgIpc) is 2.80. The van der Waals surface area contributed by atoms with Crippen molar-refractivity contribution in [3.05, 3.63) is 65.7 Å². The topological polar surface area (TPSA) is 119 Å². The number of anilines is 3. The molecule has 1 aliphatic heterocycles.